The van der Waals surface area contributed by atoms with Gasteiger partial charge in [-0.2, -0.15) is 13.2 Å². The Balaban J connectivity index is 2.40. The Labute approximate surface area is 95.0 Å². The molecule has 2 N–H and O–H groups in total. The second-order valence-corrected chi connectivity index (χ2v) is 3.60. The van der Waals surface area contributed by atoms with E-state index in [1.165, 1.54) is 12.1 Å². The van der Waals surface area contributed by atoms with Gasteiger partial charge in [0.1, 0.15) is 5.69 Å². The van der Waals surface area contributed by atoms with E-state index in [1.807, 2.05) is 0 Å². The minimum atomic E-state index is -4.34. The van der Waals surface area contributed by atoms with Crippen LogP contribution in [0.4, 0.5) is 19.1 Å². The van der Waals surface area contributed by atoms with Crippen LogP contribution >= 0.6 is 0 Å². The maximum absolute atomic E-state index is 12.4. The van der Waals surface area contributed by atoms with Crippen molar-refractivity contribution in [3.05, 3.63) is 35.4 Å². The molecule has 0 aliphatic carbocycles. The van der Waals surface area contributed by atoms with Crippen molar-refractivity contribution in [3.63, 3.8) is 0 Å². The van der Waals surface area contributed by atoms with Gasteiger partial charge in [0.15, 0.2) is 0 Å². The first-order valence-electron chi connectivity index (χ1n) is 4.79. The molecular weight excluding hydrogens is 233 g/mol. The van der Waals surface area contributed by atoms with Crippen LogP contribution in [0.2, 0.25) is 0 Å². The first kappa shape index (κ1) is 11.5. The summed E-state index contributed by atoms with van der Waals surface area (Å²) >= 11 is 0. The Bertz CT molecular complexity index is 529. The molecule has 6 heteroatoms. The molecule has 0 spiro atoms. The van der Waals surface area contributed by atoms with Gasteiger partial charge in [-0.25, -0.2) is 0 Å². The van der Waals surface area contributed by atoms with Gasteiger partial charge in [0.25, 0.3) is 0 Å². The molecule has 3 nitrogen and oxygen atoms in total. The summed E-state index contributed by atoms with van der Waals surface area (Å²) in [6.45, 7) is 1.69. The molecule has 17 heavy (non-hydrogen) atoms. The molecule has 0 bridgehead atoms. The third-order valence-electron chi connectivity index (χ3n) is 2.45. The van der Waals surface area contributed by atoms with E-state index in [-0.39, 0.29) is 5.88 Å². The smallest absolute Gasteiger partial charge is 0.367 e. The minimum Gasteiger partial charge on any atom is -0.367 e. The zero-order valence-corrected chi connectivity index (χ0v) is 8.88. The van der Waals surface area contributed by atoms with Crippen LogP contribution in [0, 0.1) is 6.92 Å². The highest BCUT2D eigenvalue weighted by molar-refractivity contribution is 5.66. The maximum atomic E-state index is 12.4. The summed E-state index contributed by atoms with van der Waals surface area (Å²) in [5.74, 6) is 0.167. The van der Waals surface area contributed by atoms with Gasteiger partial charge in [-0.3, -0.25) is 0 Å². The van der Waals surface area contributed by atoms with Gasteiger partial charge in [-0.05, 0) is 19.1 Å². The molecular formula is C11H9F3N2O. The Morgan fingerprint density at radius 2 is 1.76 bits per heavy atom. The molecule has 0 saturated carbocycles. The fourth-order valence-electron chi connectivity index (χ4n) is 1.43. The number of rotatable bonds is 1. The second kappa shape index (κ2) is 3.80. The molecule has 0 aliphatic heterocycles. The SMILES string of the molecule is Cc1c(-c2ccc(C(F)(F)F)cc2)noc1N. The van der Waals surface area contributed by atoms with Crippen LogP contribution in [0.25, 0.3) is 11.3 Å². The van der Waals surface area contributed by atoms with Gasteiger partial charge in [-0.1, -0.05) is 17.3 Å². The van der Waals surface area contributed by atoms with E-state index in [0.29, 0.717) is 16.8 Å². The van der Waals surface area contributed by atoms with Gasteiger partial charge in [0.2, 0.25) is 5.88 Å². The number of hydrogen-bond acceptors (Lipinski definition) is 3. The molecule has 0 fully saturated rings. The Hall–Kier alpha value is -1.98. The van der Waals surface area contributed by atoms with Crippen molar-refractivity contribution < 1.29 is 17.7 Å². The van der Waals surface area contributed by atoms with E-state index in [4.69, 9.17) is 10.3 Å². The van der Waals surface area contributed by atoms with Crippen LogP contribution < -0.4 is 5.73 Å². The fraction of sp³-hybridized carbons (Fsp3) is 0.182. The minimum absolute atomic E-state index is 0.167. The predicted molar refractivity (Wildman–Crippen MR) is 56.1 cm³/mol. The number of hydrogen-bond donors (Lipinski definition) is 1. The maximum Gasteiger partial charge on any atom is 0.416 e. The first-order valence-corrected chi connectivity index (χ1v) is 4.79. The molecule has 1 aromatic heterocycles. The summed E-state index contributed by atoms with van der Waals surface area (Å²) in [6.07, 6.45) is -4.34. The van der Waals surface area contributed by atoms with Crippen LogP contribution in [0.1, 0.15) is 11.1 Å². The number of halogens is 3. The van der Waals surface area contributed by atoms with Gasteiger partial charge in [-0.15, -0.1) is 0 Å². The quantitative estimate of drug-likeness (QED) is 0.835. The normalized spacial score (nSPS) is 11.8. The molecule has 0 amide bonds. The number of benzene rings is 1. The van der Waals surface area contributed by atoms with Gasteiger partial charge in [0, 0.05) is 11.1 Å². The highest BCUT2D eigenvalue weighted by Gasteiger charge is 2.30. The average molecular weight is 242 g/mol. The van der Waals surface area contributed by atoms with E-state index in [0.717, 1.165) is 12.1 Å². The van der Waals surface area contributed by atoms with Crippen LogP contribution in [0.15, 0.2) is 28.8 Å². The summed E-state index contributed by atoms with van der Waals surface area (Å²) in [6, 6.07) is 4.68. The molecule has 1 aromatic carbocycles. The molecule has 0 saturated heterocycles. The summed E-state index contributed by atoms with van der Waals surface area (Å²) < 4.78 is 41.8. The van der Waals surface area contributed by atoms with Crippen LogP contribution in [-0.2, 0) is 6.18 Å². The van der Waals surface area contributed by atoms with Crippen LogP contribution in [-0.4, -0.2) is 5.16 Å². The molecule has 0 atom stereocenters. The van der Waals surface area contributed by atoms with Crippen molar-refractivity contribution in [3.8, 4) is 11.3 Å². The van der Waals surface area contributed by atoms with Crippen molar-refractivity contribution in [1.82, 2.24) is 5.16 Å². The third kappa shape index (κ3) is 2.11. The highest BCUT2D eigenvalue weighted by atomic mass is 19.4. The highest BCUT2D eigenvalue weighted by Crippen LogP contribution is 2.32. The number of nitrogens with zero attached hydrogens (tertiary/aromatic N) is 1. The van der Waals surface area contributed by atoms with E-state index in [9.17, 15) is 13.2 Å². The van der Waals surface area contributed by atoms with Crippen molar-refractivity contribution in [1.29, 1.82) is 0 Å². The zero-order chi connectivity index (χ0) is 12.6. The topological polar surface area (TPSA) is 52.0 Å². The lowest BCUT2D eigenvalue weighted by molar-refractivity contribution is -0.137. The van der Waals surface area contributed by atoms with Crippen molar-refractivity contribution in [2.45, 2.75) is 13.1 Å². The van der Waals surface area contributed by atoms with Crippen molar-refractivity contribution >= 4 is 5.88 Å². The largest absolute Gasteiger partial charge is 0.416 e. The van der Waals surface area contributed by atoms with E-state index >= 15 is 0 Å². The summed E-state index contributed by atoms with van der Waals surface area (Å²) in [4.78, 5) is 0. The van der Waals surface area contributed by atoms with Gasteiger partial charge < -0.3 is 10.3 Å². The van der Waals surface area contributed by atoms with E-state index in [2.05, 4.69) is 5.16 Å². The Morgan fingerprint density at radius 1 is 1.18 bits per heavy atom. The number of nitrogens with two attached hydrogens (primary N) is 1. The van der Waals surface area contributed by atoms with Crippen molar-refractivity contribution in [2.24, 2.45) is 0 Å². The molecule has 0 radical (unpaired) electrons. The molecule has 90 valence electrons. The number of alkyl halides is 3. The first-order chi connectivity index (χ1) is 7.89. The van der Waals surface area contributed by atoms with Crippen LogP contribution in [0.5, 0.6) is 0 Å². The fourth-order valence-corrected chi connectivity index (χ4v) is 1.43. The summed E-state index contributed by atoms with van der Waals surface area (Å²) in [7, 11) is 0. The number of aromatic nitrogens is 1. The monoisotopic (exact) mass is 242 g/mol. The Kier molecular flexibility index (Phi) is 2.57. The standard InChI is InChI=1S/C11H9F3N2O/c1-6-9(16-17-10(6)15)7-2-4-8(5-3-7)11(12,13)14/h2-5H,15H2,1H3. The third-order valence-corrected chi connectivity index (χ3v) is 2.45. The number of nitrogen functional groups attached to an aromatic ring is 1. The summed E-state index contributed by atoms with van der Waals surface area (Å²) in [5, 5.41) is 3.70. The molecule has 2 rings (SSSR count). The summed E-state index contributed by atoms with van der Waals surface area (Å²) in [5.41, 5.74) is 6.38. The van der Waals surface area contributed by atoms with Gasteiger partial charge in [0.05, 0.1) is 5.56 Å². The zero-order valence-electron chi connectivity index (χ0n) is 8.88. The van der Waals surface area contributed by atoms with E-state index in [1.54, 1.807) is 6.92 Å². The molecule has 0 aliphatic rings. The predicted octanol–water partition coefficient (Wildman–Crippen LogP) is 3.25. The molecule has 1 heterocycles. The molecule has 0 unspecified atom stereocenters. The number of anilines is 1. The Morgan fingerprint density at radius 3 is 2.18 bits per heavy atom. The van der Waals surface area contributed by atoms with Gasteiger partial charge >= 0.3 is 6.18 Å². The lowest BCUT2D eigenvalue weighted by Gasteiger charge is -2.06. The second-order valence-electron chi connectivity index (χ2n) is 3.60. The average Bonchev–Trinajstić information content (AvgIpc) is 2.59. The lowest BCUT2D eigenvalue weighted by Crippen LogP contribution is -2.04. The lowest BCUT2D eigenvalue weighted by atomic mass is 10.1. The van der Waals surface area contributed by atoms with Crippen LogP contribution in [0.3, 0.4) is 0 Å². The molecule has 2 aromatic rings. The van der Waals surface area contributed by atoms with E-state index < -0.39 is 11.7 Å². The van der Waals surface area contributed by atoms with Crippen molar-refractivity contribution in [2.75, 3.05) is 5.73 Å².